The van der Waals surface area contributed by atoms with Crippen LogP contribution in [0, 0.1) is 17.3 Å². The largest absolute Gasteiger partial charge is 0.376 e. The monoisotopic (exact) mass is 370 g/mol. The fourth-order valence-corrected chi connectivity index (χ4v) is 3.96. The Bertz CT molecular complexity index is 744. The van der Waals surface area contributed by atoms with Crippen molar-refractivity contribution < 1.29 is 14.3 Å². The van der Waals surface area contributed by atoms with Gasteiger partial charge in [0.05, 0.1) is 23.3 Å². The number of nitrogens with one attached hydrogen (secondary N) is 2. The van der Waals surface area contributed by atoms with E-state index in [0.29, 0.717) is 17.8 Å². The normalized spacial score (nSPS) is 25.6. The minimum atomic E-state index is -0.183. The third-order valence-electron chi connectivity index (χ3n) is 5.65. The number of anilines is 1. The average molecular weight is 370 g/mol. The van der Waals surface area contributed by atoms with Crippen molar-refractivity contribution in [3.63, 3.8) is 0 Å². The van der Waals surface area contributed by atoms with E-state index in [2.05, 4.69) is 44.4 Å². The van der Waals surface area contributed by atoms with Gasteiger partial charge in [-0.3, -0.25) is 9.59 Å². The number of carbonyl (C=O) groups is 2. The lowest BCUT2D eigenvalue weighted by atomic mass is 10.1. The lowest BCUT2D eigenvalue weighted by molar-refractivity contribution is -0.118. The van der Waals surface area contributed by atoms with Crippen LogP contribution in [0.5, 0.6) is 0 Å². The van der Waals surface area contributed by atoms with Crippen molar-refractivity contribution in [1.29, 1.82) is 0 Å². The van der Waals surface area contributed by atoms with Crippen LogP contribution in [-0.2, 0) is 9.53 Å². The maximum absolute atomic E-state index is 12.8. The maximum Gasteiger partial charge on any atom is 0.253 e. The second-order valence-electron chi connectivity index (χ2n) is 8.45. The molecule has 3 rings (SSSR count). The average Bonchev–Trinajstić information content (AvgIpc) is 2.98. The molecule has 1 saturated heterocycles. The number of para-hydroxylation sites is 1. The summed E-state index contributed by atoms with van der Waals surface area (Å²) in [6.45, 7) is 9.59. The van der Waals surface area contributed by atoms with E-state index in [1.54, 1.807) is 12.1 Å². The van der Waals surface area contributed by atoms with Crippen molar-refractivity contribution in [1.82, 2.24) is 5.32 Å². The molecule has 1 saturated carbocycles. The highest BCUT2D eigenvalue weighted by Gasteiger charge is 2.60. The Morgan fingerprint density at radius 3 is 2.67 bits per heavy atom. The highest BCUT2D eigenvalue weighted by atomic mass is 16.5. The summed E-state index contributed by atoms with van der Waals surface area (Å²) in [4.78, 5) is 25.4. The van der Waals surface area contributed by atoms with Gasteiger partial charge in [0.1, 0.15) is 0 Å². The van der Waals surface area contributed by atoms with Gasteiger partial charge in [-0.1, -0.05) is 37.6 Å². The molecular formula is C22H30N2O3. The Morgan fingerprint density at radius 2 is 2.00 bits per heavy atom. The summed E-state index contributed by atoms with van der Waals surface area (Å²) >= 11 is 0. The first-order valence-corrected chi connectivity index (χ1v) is 9.75. The van der Waals surface area contributed by atoms with Gasteiger partial charge in [0.2, 0.25) is 5.91 Å². The highest BCUT2D eigenvalue weighted by molar-refractivity contribution is 6.05. The van der Waals surface area contributed by atoms with Gasteiger partial charge in [0.15, 0.2) is 0 Å². The Balaban J connectivity index is 1.66. The summed E-state index contributed by atoms with van der Waals surface area (Å²) in [5, 5.41) is 5.91. The first kappa shape index (κ1) is 19.6. The van der Waals surface area contributed by atoms with Crippen molar-refractivity contribution in [2.24, 2.45) is 17.3 Å². The van der Waals surface area contributed by atoms with Gasteiger partial charge < -0.3 is 15.4 Å². The van der Waals surface area contributed by atoms with Crippen LogP contribution in [0.2, 0.25) is 0 Å². The van der Waals surface area contributed by atoms with E-state index in [1.807, 2.05) is 12.1 Å². The molecule has 5 nitrogen and oxygen atoms in total. The predicted molar refractivity (Wildman–Crippen MR) is 107 cm³/mol. The molecule has 1 aromatic rings. The van der Waals surface area contributed by atoms with Crippen molar-refractivity contribution in [3.05, 3.63) is 41.5 Å². The van der Waals surface area contributed by atoms with Crippen LogP contribution in [0.15, 0.2) is 35.9 Å². The van der Waals surface area contributed by atoms with Gasteiger partial charge in [-0.15, -0.1) is 0 Å². The van der Waals surface area contributed by atoms with Crippen molar-refractivity contribution in [2.75, 3.05) is 18.5 Å². The van der Waals surface area contributed by atoms with Gasteiger partial charge >= 0.3 is 0 Å². The molecule has 2 fully saturated rings. The third-order valence-corrected chi connectivity index (χ3v) is 5.65. The number of carbonyl (C=O) groups excluding carboxylic acids is 2. The quantitative estimate of drug-likeness (QED) is 0.749. The van der Waals surface area contributed by atoms with Crippen molar-refractivity contribution >= 4 is 17.5 Å². The number of hydrogen-bond acceptors (Lipinski definition) is 3. The van der Waals surface area contributed by atoms with Crippen LogP contribution >= 0.6 is 0 Å². The first-order valence-electron chi connectivity index (χ1n) is 9.75. The molecule has 3 unspecified atom stereocenters. The summed E-state index contributed by atoms with van der Waals surface area (Å²) in [5.41, 5.74) is 2.21. The summed E-state index contributed by atoms with van der Waals surface area (Å²) in [6, 6.07) is 7.16. The molecule has 27 heavy (non-hydrogen) atoms. The molecule has 1 aromatic carbocycles. The van der Waals surface area contributed by atoms with Gasteiger partial charge in [0, 0.05) is 13.2 Å². The van der Waals surface area contributed by atoms with Crippen LogP contribution in [0.1, 0.15) is 50.9 Å². The Labute approximate surface area is 161 Å². The molecule has 146 valence electrons. The number of ether oxygens (including phenoxy) is 1. The Kier molecular flexibility index (Phi) is 5.70. The van der Waals surface area contributed by atoms with Gasteiger partial charge in [-0.25, -0.2) is 0 Å². The van der Waals surface area contributed by atoms with Crippen LogP contribution < -0.4 is 10.6 Å². The molecule has 5 heteroatoms. The second-order valence-corrected chi connectivity index (χ2v) is 8.45. The topological polar surface area (TPSA) is 67.4 Å². The molecule has 0 radical (unpaired) electrons. The van der Waals surface area contributed by atoms with Gasteiger partial charge in [0.25, 0.3) is 5.91 Å². The van der Waals surface area contributed by atoms with Crippen LogP contribution in [-0.4, -0.2) is 31.1 Å². The third kappa shape index (κ3) is 4.41. The lowest BCUT2D eigenvalue weighted by Crippen LogP contribution is -2.32. The molecular weight excluding hydrogens is 340 g/mol. The van der Waals surface area contributed by atoms with Crippen LogP contribution in [0.4, 0.5) is 5.69 Å². The van der Waals surface area contributed by atoms with Gasteiger partial charge in [-0.2, -0.15) is 0 Å². The number of allylic oxidation sites excluding steroid dienone is 2. The fraction of sp³-hybridized carbons (Fsp3) is 0.545. The molecule has 0 spiro atoms. The zero-order valence-electron chi connectivity index (χ0n) is 16.7. The Hall–Kier alpha value is -2.14. The summed E-state index contributed by atoms with van der Waals surface area (Å²) in [5.74, 6) is -0.0439. The minimum Gasteiger partial charge on any atom is -0.376 e. The number of rotatable bonds is 6. The van der Waals surface area contributed by atoms with Crippen molar-refractivity contribution in [3.8, 4) is 0 Å². The highest BCUT2D eigenvalue weighted by Crippen LogP contribution is 2.59. The van der Waals surface area contributed by atoms with Crippen LogP contribution in [0.25, 0.3) is 0 Å². The number of amides is 2. The van der Waals surface area contributed by atoms with E-state index in [1.165, 1.54) is 5.57 Å². The second kappa shape index (κ2) is 7.85. The van der Waals surface area contributed by atoms with E-state index in [-0.39, 0.29) is 35.2 Å². The Morgan fingerprint density at radius 1 is 1.26 bits per heavy atom. The molecule has 1 heterocycles. The number of benzene rings is 1. The zero-order chi connectivity index (χ0) is 19.6. The number of hydrogen-bond donors (Lipinski definition) is 2. The zero-order valence-corrected chi connectivity index (χ0v) is 16.7. The summed E-state index contributed by atoms with van der Waals surface area (Å²) < 4.78 is 5.55. The van der Waals surface area contributed by atoms with E-state index >= 15 is 0 Å². The molecule has 2 aliphatic rings. The molecule has 0 bridgehead atoms. The van der Waals surface area contributed by atoms with Gasteiger partial charge in [-0.05, 0) is 50.2 Å². The molecule has 0 aromatic heterocycles. The standard InChI is InChI=1S/C22H30N2O3/c1-14(2)12-17-19(22(17,3)4)21(26)24-18-10-6-5-9-16(18)20(25)23-13-15-8-7-11-27-15/h5-6,9-10,12,15,17,19H,7-8,11,13H2,1-4H3,(H,23,25)(H,24,26). The van der Waals surface area contributed by atoms with E-state index < -0.39 is 0 Å². The molecule has 3 atom stereocenters. The van der Waals surface area contributed by atoms with E-state index in [9.17, 15) is 9.59 Å². The smallest absolute Gasteiger partial charge is 0.253 e. The molecule has 1 aliphatic carbocycles. The first-order chi connectivity index (χ1) is 12.8. The van der Waals surface area contributed by atoms with E-state index in [0.717, 1.165) is 19.4 Å². The predicted octanol–water partition coefficient (Wildman–Crippen LogP) is 3.77. The molecule has 2 N–H and O–H groups in total. The fourth-order valence-electron chi connectivity index (χ4n) is 3.96. The SMILES string of the molecule is CC(C)=CC1C(C(=O)Nc2ccccc2C(=O)NCC2CCCO2)C1(C)C. The molecule has 1 aliphatic heterocycles. The minimum absolute atomic E-state index is 0.0260. The maximum atomic E-state index is 12.8. The van der Waals surface area contributed by atoms with Crippen molar-refractivity contribution in [2.45, 2.75) is 46.6 Å². The summed E-state index contributed by atoms with van der Waals surface area (Å²) in [7, 11) is 0. The van der Waals surface area contributed by atoms with Crippen LogP contribution in [0.3, 0.4) is 0 Å². The lowest BCUT2D eigenvalue weighted by Gasteiger charge is -2.14. The summed E-state index contributed by atoms with van der Waals surface area (Å²) in [6.07, 6.45) is 4.27. The van der Waals surface area contributed by atoms with E-state index in [4.69, 9.17) is 4.74 Å². The molecule has 2 amide bonds.